The van der Waals surface area contributed by atoms with Gasteiger partial charge in [0.15, 0.2) is 0 Å². The summed E-state index contributed by atoms with van der Waals surface area (Å²) in [4.78, 5) is 15.0. The molecule has 0 aliphatic carbocycles. The van der Waals surface area contributed by atoms with Crippen molar-refractivity contribution in [3.63, 3.8) is 0 Å². The Kier molecular flexibility index (Phi) is 11.7. The van der Waals surface area contributed by atoms with E-state index in [0.717, 1.165) is 26.1 Å². The van der Waals surface area contributed by atoms with Crippen molar-refractivity contribution in [3.05, 3.63) is 76.5 Å². The number of benzene rings is 2. The second-order valence-electron chi connectivity index (χ2n) is 6.93. The third kappa shape index (κ3) is 8.44. The minimum absolute atomic E-state index is 0. The molecule has 1 heterocycles. The molecule has 0 bridgehead atoms. The van der Waals surface area contributed by atoms with E-state index in [-0.39, 0.29) is 47.4 Å². The monoisotopic (exact) mass is 529 g/mol. The van der Waals surface area contributed by atoms with Crippen molar-refractivity contribution in [3.8, 4) is 0 Å². The Hall–Kier alpha value is -0.556. The van der Waals surface area contributed by atoms with Crippen LogP contribution in [0.4, 0.5) is 0 Å². The van der Waals surface area contributed by atoms with E-state index in [4.69, 9.17) is 17.3 Å². The van der Waals surface area contributed by atoms with Crippen LogP contribution >= 0.6 is 11.6 Å². The molecule has 28 heavy (non-hydrogen) atoms. The summed E-state index contributed by atoms with van der Waals surface area (Å²) in [7, 11) is 4.23. The Morgan fingerprint density at radius 2 is 1.93 bits per heavy atom. The molecule has 0 saturated carbocycles. The number of amides is 1. The molecule has 1 fully saturated rings. The Labute approximate surface area is 205 Å². The van der Waals surface area contributed by atoms with Gasteiger partial charge in [0.05, 0.1) is 12.0 Å². The zero-order valence-corrected chi connectivity index (χ0v) is 20.8. The minimum Gasteiger partial charge on any atom is -0.664 e. The van der Waals surface area contributed by atoms with E-state index >= 15 is 0 Å². The second-order valence-corrected chi connectivity index (χ2v) is 7.37. The van der Waals surface area contributed by atoms with E-state index in [1.807, 2.05) is 0 Å². The first kappa shape index (κ1) is 25.5. The van der Waals surface area contributed by atoms with E-state index in [9.17, 15) is 9.90 Å². The van der Waals surface area contributed by atoms with Gasteiger partial charge in [-0.3, -0.25) is 4.90 Å². The number of likely N-dealkylation sites (N-methyl/N-ethyl adjacent to an activating group) is 1. The fourth-order valence-electron chi connectivity index (χ4n) is 3.09. The summed E-state index contributed by atoms with van der Waals surface area (Å²) < 4.78 is 0. The molecule has 1 aliphatic rings. The van der Waals surface area contributed by atoms with Crippen molar-refractivity contribution >= 4 is 17.5 Å². The molecule has 2 N–H and O–H groups in total. The number of rotatable bonds is 5. The summed E-state index contributed by atoms with van der Waals surface area (Å²) in [6, 6.07) is 17.3. The van der Waals surface area contributed by atoms with E-state index in [1.165, 1.54) is 11.6 Å². The van der Waals surface area contributed by atoms with Gasteiger partial charge in [-0.25, -0.2) is 0 Å². The summed E-state index contributed by atoms with van der Waals surface area (Å²) in [5, 5.41) is 10.1. The van der Waals surface area contributed by atoms with Crippen molar-refractivity contribution in [1.82, 2.24) is 9.80 Å². The molecule has 5 nitrogen and oxygen atoms in total. The molecule has 3 rings (SSSR count). The predicted molar refractivity (Wildman–Crippen MR) is 110 cm³/mol. The summed E-state index contributed by atoms with van der Waals surface area (Å²) in [6.45, 7) is 2.82. The number of β-amino-alcohol motifs (C(OH)–C–C–N with tert-alkyl or cyclic N) is 1. The van der Waals surface area contributed by atoms with E-state index in [2.05, 4.69) is 54.2 Å². The first-order valence-electron chi connectivity index (χ1n) is 9.00. The number of hydrogen-bond acceptors (Lipinski definition) is 4. The number of nitrogens with one attached hydrogen (secondary N) is 1. The van der Waals surface area contributed by atoms with Crippen LogP contribution < -0.4 is 0 Å². The van der Waals surface area contributed by atoms with E-state index < -0.39 is 5.91 Å². The van der Waals surface area contributed by atoms with Gasteiger partial charge >= 0.3 is 0 Å². The van der Waals surface area contributed by atoms with Crippen molar-refractivity contribution in [1.29, 1.82) is 0 Å². The van der Waals surface area contributed by atoms with Gasteiger partial charge in [0.25, 0.3) is 0 Å². The van der Waals surface area contributed by atoms with Crippen LogP contribution in [0.25, 0.3) is 5.73 Å². The van der Waals surface area contributed by atoms with Gasteiger partial charge in [0.2, 0.25) is 0 Å². The van der Waals surface area contributed by atoms with Crippen LogP contribution in [0.2, 0.25) is 5.02 Å². The molecular weight excluding hydrogens is 503 g/mol. The van der Waals surface area contributed by atoms with Gasteiger partial charge in [-0.05, 0) is 38.2 Å². The molecule has 1 aliphatic heterocycles. The van der Waals surface area contributed by atoms with Gasteiger partial charge in [-0.1, -0.05) is 54.1 Å². The van der Waals surface area contributed by atoms with Crippen LogP contribution in [0.1, 0.15) is 28.4 Å². The van der Waals surface area contributed by atoms with E-state index in [1.54, 1.807) is 18.2 Å². The smallest absolute Gasteiger partial charge is 0.0796 e. The Morgan fingerprint density at radius 1 is 1.25 bits per heavy atom. The molecule has 2 aromatic carbocycles. The molecule has 149 valence electrons. The topological polar surface area (TPSA) is 67.6 Å². The van der Waals surface area contributed by atoms with Crippen LogP contribution in [-0.4, -0.2) is 60.6 Å². The maximum atomic E-state index is 10.4. The van der Waals surface area contributed by atoms with Gasteiger partial charge in [-0.15, -0.1) is 0 Å². The quantitative estimate of drug-likeness (QED) is 0.638. The van der Waals surface area contributed by atoms with Crippen molar-refractivity contribution in [2.45, 2.75) is 18.6 Å². The third-order valence-corrected chi connectivity index (χ3v) is 4.81. The SMILES string of the molecule is CN(C)[C@H](CN1CC[C@H](O)C1)c1ccccc1.[NH-]C(=O)c1cccc(Cl)c1.[Pr]. The number of carbonyl (C=O) groups is 1. The zero-order valence-electron chi connectivity index (χ0n) is 16.4. The summed E-state index contributed by atoms with van der Waals surface area (Å²) >= 11 is 5.55. The maximum Gasteiger partial charge on any atom is 0.0796 e. The average molecular weight is 530 g/mol. The first-order valence-corrected chi connectivity index (χ1v) is 9.38. The standard InChI is InChI=1S/C14H22N2O.C7H6ClNO.Pr/c1-15(2)14(12-6-4-3-5-7-12)11-16-9-8-13(17)10-16;8-6-3-1-2-5(4-6)7(9)10;/h3-7,13-14,17H,8-11H2,1-2H3;1-4H,(H2,9,10);/p-1/t13-,14+;;/m0../s1. The minimum atomic E-state index is -0.706. The largest absolute Gasteiger partial charge is 0.664 e. The number of carbonyl (C=O) groups excluding carboxylic acids is 1. The number of nitrogens with zero attached hydrogens (tertiary/aromatic N) is 2. The summed E-state index contributed by atoms with van der Waals surface area (Å²) in [5.41, 5.74) is 8.39. The normalized spacial score (nSPS) is 17.4. The van der Waals surface area contributed by atoms with Crippen molar-refractivity contribution in [2.24, 2.45) is 0 Å². The molecule has 0 spiro atoms. The van der Waals surface area contributed by atoms with Crippen LogP contribution in [0, 0.1) is 41.3 Å². The van der Waals surface area contributed by atoms with Gasteiger partial charge < -0.3 is 20.5 Å². The maximum absolute atomic E-state index is 10.4. The van der Waals surface area contributed by atoms with Crippen LogP contribution in [-0.2, 0) is 0 Å². The molecule has 0 unspecified atom stereocenters. The molecule has 1 saturated heterocycles. The molecule has 0 aromatic heterocycles. The molecular formula is C21H27ClN3O2Pr-. The van der Waals surface area contributed by atoms with Crippen LogP contribution in [0.15, 0.2) is 54.6 Å². The second kappa shape index (κ2) is 12.9. The third-order valence-electron chi connectivity index (χ3n) is 4.57. The Morgan fingerprint density at radius 3 is 2.39 bits per heavy atom. The molecule has 2 atom stereocenters. The molecule has 7 heteroatoms. The van der Waals surface area contributed by atoms with Gasteiger partial charge in [0, 0.05) is 77.6 Å². The van der Waals surface area contributed by atoms with Crippen molar-refractivity contribution in [2.75, 3.05) is 33.7 Å². The fraction of sp³-hybridized carbons (Fsp3) is 0.381. The number of aliphatic hydroxyl groups excluding tert-OH is 1. The fourth-order valence-corrected chi connectivity index (χ4v) is 3.28. The summed E-state index contributed by atoms with van der Waals surface area (Å²) in [6.07, 6.45) is 0.781. The Bertz CT molecular complexity index is 731. The number of halogens is 1. The zero-order chi connectivity index (χ0) is 19.8. The number of likely N-dealkylation sites (tertiary alicyclic amines) is 1. The van der Waals surface area contributed by atoms with Gasteiger partial charge in [-0.2, -0.15) is 0 Å². The molecule has 1 radical (unpaired) electrons. The van der Waals surface area contributed by atoms with Crippen LogP contribution in [0.5, 0.6) is 0 Å². The molecule has 2 aromatic rings. The van der Waals surface area contributed by atoms with Gasteiger partial charge in [0.1, 0.15) is 0 Å². The summed E-state index contributed by atoms with van der Waals surface area (Å²) in [5.74, 6) is -0.706. The predicted octanol–water partition coefficient (Wildman–Crippen LogP) is 3.89. The number of hydrogen-bond donors (Lipinski definition) is 1. The van der Waals surface area contributed by atoms with Crippen LogP contribution in [0.3, 0.4) is 0 Å². The average Bonchev–Trinajstić information content (AvgIpc) is 3.06. The number of aliphatic hydroxyl groups is 1. The van der Waals surface area contributed by atoms with E-state index in [0.29, 0.717) is 16.6 Å². The molecule has 1 amide bonds. The van der Waals surface area contributed by atoms with Crippen molar-refractivity contribution < 1.29 is 51.2 Å². The first-order chi connectivity index (χ1) is 12.9. The Balaban J connectivity index is 0.000000307.